The Morgan fingerprint density at radius 2 is 1.30 bits per heavy atom. The van der Waals surface area contributed by atoms with E-state index in [1.54, 1.807) is 36.4 Å². The van der Waals surface area contributed by atoms with Crippen molar-refractivity contribution in [2.75, 3.05) is 108 Å². The van der Waals surface area contributed by atoms with Crippen LogP contribution < -0.4 is 50.5 Å². The van der Waals surface area contributed by atoms with Gasteiger partial charge in [-0.25, -0.2) is 4.98 Å². The summed E-state index contributed by atoms with van der Waals surface area (Å²) in [6, 6.07) is 25.5. The Morgan fingerprint density at radius 1 is 0.803 bits per heavy atom. The molecule has 0 saturated carbocycles. The molecule has 0 fully saturated rings. The van der Waals surface area contributed by atoms with E-state index in [9.17, 15) is 9.59 Å². The minimum absolute atomic E-state index is 0.0435. The molecule has 0 aliphatic carbocycles. The normalized spacial score (nSPS) is 12.5. The molecule has 3 heterocycles. The molecule has 352 valence electrons. The van der Waals surface area contributed by atoms with Crippen molar-refractivity contribution in [3.63, 3.8) is 0 Å². The highest BCUT2D eigenvalue weighted by Gasteiger charge is 2.21. The zero-order valence-electron chi connectivity index (χ0n) is 37.0. The molecule has 0 radical (unpaired) electrons. The van der Waals surface area contributed by atoms with E-state index in [4.69, 9.17) is 52.1 Å². The number of rotatable bonds is 16. The number of thioether (sulfide) groups is 1. The van der Waals surface area contributed by atoms with Crippen LogP contribution in [0.25, 0.3) is 0 Å². The molecule has 0 bridgehead atoms. The van der Waals surface area contributed by atoms with Crippen LogP contribution in [0.2, 0.25) is 0 Å². The van der Waals surface area contributed by atoms with Crippen molar-refractivity contribution >= 4 is 105 Å². The lowest BCUT2D eigenvalue weighted by molar-refractivity contribution is 0.101. The number of aliphatic imine (C=N–C) groups is 1. The number of anilines is 4. The fourth-order valence-corrected chi connectivity index (χ4v) is 7.92. The number of nitrogens with zero attached hydrogens (tertiary/aromatic N) is 4. The lowest BCUT2D eigenvalue weighted by atomic mass is 10.1. The molecular formula is C45H54BrN8O8PS3. The predicted molar refractivity (Wildman–Crippen MR) is 277 cm³/mol. The molecule has 4 aromatic carbocycles. The lowest BCUT2D eigenvalue weighted by Crippen LogP contribution is -2.19. The SMILES string of the molecule is CN(C)CCOc1ccc(NC(=S)N=C(N)SCP)cc1.CN(C)CCOc1ccc(Nc2nc(N)c(C(=O)c3ccc4c(c3)OCCO4)s2)cc1.O=C(CBr)c1ccc2c(c1)OCCO2. The number of aromatic nitrogens is 1. The lowest BCUT2D eigenvalue weighted by Gasteiger charge is -2.18. The third kappa shape index (κ3) is 16.9. The van der Waals surface area contributed by atoms with Gasteiger partial charge in [-0.2, -0.15) is 4.99 Å². The first-order valence-electron chi connectivity index (χ1n) is 20.5. The van der Waals surface area contributed by atoms with Crippen LogP contribution in [0.3, 0.4) is 0 Å². The fourth-order valence-electron chi connectivity index (χ4n) is 5.61. The molecule has 7 rings (SSSR count). The van der Waals surface area contributed by atoms with Crippen LogP contribution in [0.5, 0.6) is 34.5 Å². The Hall–Kier alpha value is -5.21. The Balaban J connectivity index is 0.000000201. The first-order valence-corrected chi connectivity index (χ1v) is 24.7. The number of hydrogen-bond donors (Lipinski definition) is 4. The monoisotopic (exact) mass is 1040 g/mol. The molecule has 0 saturated heterocycles. The van der Waals surface area contributed by atoms with Crippen LogP contribution in [0.15, 0.2) is 89.9 Å². The summed E-state index contributed by atoms with van der Waals surface area (Å²) in [6.45, 7) is 5.07. The van der Waals surface area contributed by atoms with Gasteiger partial charge in [-0.05, 0) is 125 Å². The molecule has 0 amide bonds. The van der Waals surface area contributed by atoms with Gasteiger partial charge >= 0.3 is 0 Å². The van der Waals surface area contributed by atoms with E-state index in [2.05, 4.69) is 55.6 Å². The highest BCUT2D eigenvalue weighted by molar-refractivity contribution is 9.09. The van der Waals surface area contributed by atoms with Crippen molar-refractivity contribution in [1.29, 1.82) is 0 Å². The van der Waals surface area contributed by atoms with Crippen molar-refractivity contribution in [3.8, 4) is 34.5 Å². The third-order valence-electron chi connectivity index (χ3n) is 8.92. The number of hydrogen-bond acceptors (Lipinski definition) is 16. The summed E-state index contributed by atoms with van der Waals surface area (Å²) >= 11 is 10.9. The second kappa shape index (κ2) is 26.8. The number of nitrogens with two attached hydrogens (primary N) is 2. The first-order chi connectivity index (χ1) is 31.8. The summed E-state index contributed by atoms with van der Waals surface area (Å²) in [5, 5.41) is 7.87. The number of halogens is 1. The maximum atomic E-state index is 13.0. The van der Waals surface area contributed by atoms with E-state index in [1.807, 2.05) is 76.7 Å². The van der Waals surface area contributed by atoms with Crippen molar-refractivity contribution in [3.05, 3.63) is 101 Å². The second-order valence-corrected chi connectivity index (χ2v) is 18.5. The molecule has 0 spiro atoms. The Morgan fingerprint density at radius 3 is 1.82 bits per heavy atom. The molecule has 1 atom stereocenters. The van der Waals surface area contributed by atoms with E-state index in [0.29, 0.717) is 99.4 Å². The number of Topliss-reactive ketones (excluding diaryl/α,β-unsaturated/α-hetero) is 1. The van der Waals surface area contributed by atoms with E-state index >= 15 is 0 Å². The summed E-state index contributed by atoms with van der Waals surface area (Å²) < 4.78 is 33.1. The van der Waals surface area contributed by atoms with Gasteiger partial charge in [0.2, 0.25) is 5.78 Å². The maximum absolute atomic E-state index is 13.0. The summed E-state index contributed by atoms with van der Waals surface area (Å²) in [5.74, 6) is 4.21. The Kier molecular flexibility index (Phi) is 21.0. The number of carbonyl (C=O) groups excluding carboxylic acids is 2. The number of likely N-dealkylation sites (N-methyl/N-ethyl adjacent to an activating group) is 2. The largest absolute Gasteiger partial charge is 0.492 e. The molecule has 16 nitrogen and oxygen atoms in total. The number of fused-ring (bicyclic) bond motifs is 2. The molecule has 21 heteroatoms. The number of benzene rings is 4. The average Bonchev–Trinajstić information content (AvgIpc) is 3.68. The van der Waals surface area contributed by atoms with E-state index in [1.165, 1.54) is 23.1 Å². The van der Waals surface area contributed by atoms with Gasteiger partial charge in [-0.15, -0.1) is 9.24 Å². The number of thiazole rings is 1. The number of nitrogen functional groups attached to an aromatic ring is 1. The topological polar surface area (TPSA) is 197 Å². The van der Waals surface area contributed by atoms with Crippen LogP contribution in [0, 0.1) is 0 Å². The predicted octanol–water partition coefficient (Wildman–Crippen LogP) is 7.65. The van der Waals surface area contributed by atoms with Crippen molar-refractivity contribution < 1.29 is 38.0 Å². The van der Waals surface area contributed by atoms with Crippen LogP contribution in [0.4, 0.5) is 22.3 Å². The Labute approximate surface area is 409 Å². The van der Waals surface area contributed by atoms with Crippen molar-refractivity contribution in [1.82, 2.24) is 14.8 Å². The van der Waals surface area contributed by atoms with E-state index in [-0.39, 0.29) is 17.4 Å². The summed E-state index contributed by atoms with van der Waals surface area (Å²) in [7, 11) is 10.6. The molecular weight excluding hydrogens is 988 g/mol. The zero-order valence-corrected chi connectivity index (χ0v) is 42.2. The zero-order chi connectivity index (χ0) is 47.4. The summed E-state index contributed by atoms with van der Waals surface area (Å²) in [6.07, 6.45) is 0. The number of nitrogens with one attached hydrogen (secondary N) is 2. The number of amidine groups is 1. The molecule has 1 unspecified atom stereocenters. The van der Waals surface area contributed by atoms with Gasteiger partial charge in [-0.3, -0.25) is 9.59 Å². The number of thiocarbonyl (C=S) groups is 1. The molecule has 1 aromatic heterocycles. The number of ether oxygens (including phenoxy) is 6. The standard InChI is InChI=1S/C22H24N4O4S.C13H21N4OPS2.C10H9BrO3/c1-26(2)9-10-28-16-6-4-15(5-7-16)24-22-25-21(23)20(31-22)19(27)14-3-8-17-18(13-14)30-12-11-29-17;1-17(2)7-8-18-11-5-3-10(4-6-11)15-13(20)16-12(14)21-9-19;11-6-8(12)7-1-2-9-10(5-7)14-4-3-13-9/h3-8,13H,9-12,23H2,1-2H3,(H,24,25);3-6H,7-9,19H2,1-2H3,(H3,14,15,16,20);1-2,5H,3-4,6H2. The summed E-state index contributed by atoms with van der Waals surface area (Å²) in [4.78, 5) is 37.2. The molecule has 2 aliphatic rings. The summed E-state index contributed by atoms with van der Waals surface area (Å²) in [5.41, 5.74) is 15.3. The Bertz CT molecular complexity index is 2410. The maximum Gasteiger partial charge on any atom is 0.206 e. The quantitative estimate of drug-likeness (QED) is 0.0188. The van der Waals surface area contributed by atoms with Gasteiger partial charge in [0, 0.05) is 41.1 Å². The van der Waals surface area contributed by atoms with Gasteiger partial charge in [0.15, 0.2) is 44.2 Å². The third-order valence-corrected chi connectivity index (χ3v) is 11.7. The van der Waals surface area contributed by atoms with Gasteiger partial charge in [0.25, 0.3) is 0 Å². The average molecular weight is 1040 g/mol. The van der Waals surface area contributed by atoms with E-state index < -0.39 is 0 Å². The molecule has 6 N–H and O–H groups in total. The first kappa shape index (κ1) is 51.8. The van der Waals surface area contributed by atoms with Gasteiger partial charge in [0.05, 0.1) is 5.33 Å². The van der Waals surface area contributed by atoms with Gasteiger partial charge in [-0.1, -0.05) is 39.0 Å². The molecule has 2 aliphatic heterocycles. The van der Waals surface area contributed by atoms with Crippen LogP contribution in [0.1, 0.15) is 25.6 Å². The van der Waals surface area contributed by atoms with E-state index in [0.717, 1.165) is 41.5 Å². The smallest absolute Gasteiger partial charge is 0.206 e. The number of alkyl halides is 1. The van der Waals surface area contributed by atoms with Gasteiger partial charge < -0.3 is 60.3 Å². The van der Waals surface area contributed by atoms with Crippen LogP contribution in [-0.4, -0.2) is 128 Å². The molecule has 5 aromatic rings. The molecule has 66 heavy (non-hydrogen) atoms. The number of ketones is 2. The minimum atomic E-state index is -0.204. The van der Waals surface area contributed by atoms with Gasteiger partial charge in [0.1, 0.15) is 61.8 Å². The van der Waals surface area contributed by atoms with Crippen molar-refractivity contribution in [2.24, 2.45) is 10.7 Å². The highest BCUT2D eigenvalue weighted by atomic mass is 79.9. The van der Waals surface area contributed by atoms with Crippen molar-refractivity contribution in [2.45, 2.75) is 0 Å². The highest BCUT2D eigenvalue weighted by Crippen LogP contribution is 2.35. The number of carbonyl (C=O) groups is 2. The second-order valence-electron chi connectivity index (χ2n) is 14.5. The van der Waals surface area contributed by atoms with Crippen LogP contribution in [-0.2, 0) is 0 Å². The minimum Gasteiger partial charge on any atom is -0.492 e. The van der Waals surface area contributed by atoms with Crippen LogP contribution >= 0.6 is 60.5 Å². The fraction of sp³-hybridized carbons (Fsp3) is 0.311.